The summed E-state index contributed by atoms with van der Waals surface area (Å²) in [4.78, 5) is 16.6. The third-order valence-electron chi connectivity index (χ3n) is 3.74. The maximum Gasteiger partial charge on any atom is 0.256 e. The fourth-order valence-electron chi connectivity index (χ4n) is 2.69. The van der Waals surface area contributed by atoms with E-state index in [1.807, 2.05) is 60.3 Å². The highest BCUT2D eigenvalue weighted by molar-refractivity contribution is 6.00. The minimum atomic E-state index is 0.102. The van der Waals surface area contributed by atoms with E-state index in [-0.39, 0.29) is 5.91 Å². The Kier molecular flexibility index (Phi) is 3.18. The molecule has 2 aromatic rings. The highest BCUT2D eigenvalue weighted by Crippen LogP contribution is 2.26. The average molecular weight is 266 g/mol. The van der Waals surface area contributed by atoms with Gasteiger partial charge in [-0.05, 0) is 23.3 Å². The van der Waals surface area contributed by atoms with Crippen molar-refractivity contribution >= 4 is 11.6 Å². The van der Waals surface area contributed by atoms with E-state index in [0.29, 0.717) is 13.1 Å². The van der Waals surface area contributed by atoms with Gasteiger partial charge < -0.3 is 9.80 Å². The third kappa shape index (κ3) is 2.16. The van der Waals surface area contributed by atoms with Crippen LogP contribution >= 0.6 is 0 Å². The molecule has 3 nitrogen and oxygen atoms in total. The molecule has 1 amide bonds. The zero-order valence-corrected chi connectivity index (χ0v) is 11.8. The van der Waals surface area contributed by atoms with Crippen molar-refractivity contribution in [3.63, 3.8) is 0 Å². The van der Waals surface area contributed by atoms with Gasteiger partial charge in [-0.3, -0.25) is 4.79 Å². The van der Waals surface area contributed by atoms with Crippen LogP contribution in [0.4, 0.5) is 5.69 Å². The molecule has 1 heterocycles. The summed E-state index contributed by atoms with van der Waals surface area (Å²) >= 11 is 0. The molecule has 20 heavy (non-hydrogen) atoms. The standard InChI is InChI=1S/C17H18N2O/c1-18(2)16-10-6-5-9-15(16)17(20)19-11-13-7-3-4-8-14(13)12-19/h3-10H,11-12H2,1-2H3. The molecule has 0 bridgehead atoms. The van der Waals surface area contributed by atoms with Crippen molar-refractivity contribution in [1.82, 2.24) is 4.90 Å². The van der Waals surface area contributed by atoms with Crippen molar-refractivity contribution in [2.24, 2.45) is 0 Å². The molecule has 0 aliphatic carbocycles. The van der Waals surface area contributed by atoms with Gasteiger partial charge in [-0.15, -0.1) is 0 Å². The van der Waals surface area contributed by atoms with E-state index in [0.717, 1.165) is 11.3 Å². The van der Waals surface area contributed by atoms with Crippen LogP contribution in [0.3, 0.4) is 0 Å². The molecule has 0 fully saturated rings. The first-order valence-electron chi connectivity index (χ1n) is 6.79. The summed E-state index contributed by atoms with van der Waals surface area (Å²) in [5.74, 6) is 0.102. The Labute approximate surface area is 119 Å². The van der Waals surface area contributed by atoms with E-state index in [1.54, 1.807) is 0 Å². The normalized spacial score (nSPS) is 13.2. The number of amides is 1. The van der Waals surface area contributed by atoms with Crippen molar-refractivity contribution in [2.45, 2.75) is 13.1 Å². The summed E-state index contributed by atoms with van der Waals surface area (Å²) in [5.41, 5.74) is 4.24. The second-order valence-electron chi connectivity index (χ2n) is 5.34. The molecule has 1 aliphatic rings. The fraction of sp³-hybridized carbons (Fsp3) is 0.235. The maximum atomic E-state index is 12.7. The molecule has 0 saturated heterocycles. The summed E-state index contributed by atoms with van der Waals surface area (Å²) in [7, 11) is 3.93. The molecular formula is C17H18N2O. The van der Waals surface area contributed by atoms with Gasteiger partial charge in [0.25, 0.3) is 5.91 Å². The smallest absolute Gasteiger partial charge is 0.256 e. The summed E-state index contributed by atoms with van der Waals surface area (Å²) < 4.78 is 0. The van der Waals surface area contributed by atoms with Crippen LogP contribution in [0.5, 0.6) is 0 Å². The zero-order valence-electron chi connectivity index (χ0n) is 11.8. The minimum absolute atomic E-state index is 0.102. The van der Waals surface area contributed by atoms with Crippen molar-refractivity contribution in [3.8, 4) is 0 Å². The van der Waals surface area contributed by atoms with Crippen LogP contribution < -0.4 is 4.90 Å². The van der Waals surface area contributed by atoms with Gasteiger partial charge >= 0.3 is 0 Å². The van der Waals surface area contributed by atoms with Gasteiger partial charge in [-0.25, -0.2) is 0 Å². The highest BCUT2D eigenvalue weighted by Gasteiger charge is 2.25. The lowest BCUT2D eigenvalue weighted by Crippen LogP contribution is -2.27. The van der Waals surface area contributed by atoms with E-state index >= 15 is 0 Å². The van der Waals surface area contributed by atoms with Gasteiger partial charge in [0.1, 0.15) is 0 Å². The second kappa shape index (κ2) is 5.00. The van der Waals surface area contributed by atoms with Crippen molar-refractivity contribution < 1.29 is 4.79 Å². The minimum Gasteiger partial charge on any atom is -0.377 e. The Balaban J connectivity index is 1.89. The number of anilines is 1. The Hall–Kier alpha value is -2.29. The monoisotopic (exact) mass is 266 g/mol. The zero-order chi connectivity index (χ0) is 14.1. The van der Waals surface area contributed by atoms with E-state index in [4.69, 9.17) is 0 Å². The van der Waals surface area contributed by atoms with E-state index in [1.165, 1.54) is 11.1 Å². The van der Waals surface area contributed by atoms with Crippen LogP contribution in [-0.4, -0.2) is 24.9 Å². The number of fused-ring (bicyclic) bond motifs is 1. The van der Waals surface area contributed by atoms with E-state index in [9.17, 15) is 4.79 Å². The molecule has 0 saturated carbocycles. The summed E-state index contributed by atoms with van der Waals surface area (Å²) in [6.45, 7) is 1.41. The lowest BCUT2D eigenvalue weighted by molar-refractivity contribution is 0.0752. The van der Waals surface area contributed by atoms with E-state index < -0.39 is 0 Å². The predicted octanol–water partition coefficient (Wildman–Crippen LogP) is 2.91. The molecule has 0 atom stereocenters. The Morgan fingerprint density at radius 2 is 1.50 bits per heavy atom. The highest BCUT2D eigenvalue weighted by atomic mass is 16.2. The van der Waals surface area contributed by atoms with Crippen LogP contribution in [0.15, 0.2) is 48.5 Å². The molecule has 1 aliphatic heterocycles. The molecule has 102 valence electrons. The Bertz CT molecular complexity index is 624. The van der Waals surface area contributed by atoms with Gasteiger partial charge in [-0.1, -0.05) is 36.4 Å². The molecule has 0 unspecified atom stereocenters. The lowest BCUT2D eigenvalue weighted by atomic mass is 10.1. The van der Waals surface area contributed by atoms with Gasteiger partial charge in [0.15, 0.2) is 0 Å². The Morgan fingerprint density at radius 3 is 2.10 bits per heavy atom. The number of rotatable bonds is 2. The van der Waals surface area contributed by atoms with Crippen molar-refractivity contribution in [2.75, 3.05) is 19.0 Å². The van der Waals surface area contributed by atoms with Crippen LogP contribution in [0.2, 0.25) is 0 Å². The van der Waals surface area contributed by atoms with Gasteiger partial charge in [-0.2, -0.15) is 0 Å². The number of para-hydroxylation sites is 1. The Morgan fingerprint density at radius 1 is 0.950 bits per heavy atom. The number of carbonyl (C=O) groups excluding carboxylic acids is 1. The number of carbonyl (C=O) groups is 1. The maximum absolute atomic E-state index is 12.7. The second-order valence-corrected chi connectivity index (χ2v) is 5.34. The van der Waals surface area contributed by atoms with E-state index in [2.05, 4.69) is 12.1 Å². The first kappa shape index (κ1) is 12.7. The van der Waals surface area contributed by atoms with Crippen LogP contribution in [-0.2, 0) is 13.1 Å². The number of hydrogen-bond donors (Lipinski definition) is 0. The molecule has 2 aromatic carbocycles. The topological polar surface area (TPSA) is 23.6 Å². The molecule has 0 N–H and O–H groups in total. The van der Waals surface area contributed by atoms with Gasteiger partial charge in [0.05, 0.1) is 5.56 Å². The summed E-state index contributed by atoms with van der Waals surface area (Å²) in [5, 5.41) is 0. The third-order valence-corrected chi connectivity index (χ3v) is 3.74. The molecule has 0 aromatic heterocycles. The molecule has 0 spiro atoms. The van der Waals surface area contributed by atoms with Crippen molar-refractivity contribution in [3.05, 3.63) is 65.2 Å². The van der Waals surface area contributed by atoms with Crippen LogP contribution in [0.1, 0.15) is 21.5 Å². The molecular weight excluding hydrogens is 248 g/mol. The van der Waals surface area contributed by atoms with Crippen molar-refractivity contribution in [1.29, 1.82) is 0 Å². The lowest BCUT2D eigenvalue weighted by Gasteiger charge is -2.21. The molecule has 0 radical (unpaired) electrons. The first-order chi connectivity index (χ1) is 9.66. The fourth-order valence-corrected chi connectivity index (χ4v) is 2.69. The molecule has 3 rings (SSSR count). The summed E-state index contributed by atoms with van der Waals surface area (Å²) in [6, 6.07) is 16.0. The summed E-state index contributed by atoms with van der Waals surface area (Å²) in [6.07, 6.45) is 0. The number of nitrogens with zero attached hydrogens (tertiary/aromatic N) is 2. The van der Waals surface area contributed by atoms with Crippen LogP contribution in [0.25, 0.3) is 0 Å². The quantitative estimate of drug-likeness (QED) is 0.834. The van der Waals surface area contributed by atoms with Crippen LogP contribution in [0, 0.1) is 0 Å². The average Bonchev–Trinajstić information content (AvgIpc) is 2.90. The van der Waals surface area contributed by atoms with Gasteiger partial charge in [0.2, 0.25) is 0 Å². The predicted molar refractivity (Wildman–Crippen MR) is 80.8 cm³/mol. The first-order valence-corrected chi connectivity index (χ1v) is 6.79. The molecule has 3 heteroatoms. The number of benzene rings is 2. The largest absolute Gasteiger partial charge is 0.377 e. The number of hydrogen-bond acceptors (Lipinski definition) is 2. The SMILES string of the molecule is CN(C)c1ccccc1C(=O)N1Cc2ccccc2C1. The van der Waals surface area contributed by atoms with Gasteiger partial charge in [0, 0.05) is 32.9 Å².